The predicted octanol–water partition coefficient (Wildman–Crippen LogP) is 2.11. The smallest absolute Gasteiger partial charge is 0.349 e. The molecular formula is C18H25N3O3. The number of hydrogen-bond donors (Lipinski definition) is 2. The Balaban J connectivity index is 2.25. The first-order chi connectivity index (χ1) is 11.6. The van der Waals surface area contributed by atoms with Crippen molar-refractivity contribution in [3.05, 3.63) is 40.2 Å². The fourth-order valence-corrected chi connectivity index (χ4v) is 2.61. The summed E-state index contributed by atoms with van der Waals surface area (Å²) in [5, 5.41) is 3.46. The van der Waals surface area contributed by atoms with E-state index >= 15 is 0 Å². The molecule has 0 unspecified atom stereocenters. The highest BCUT2D eigenvalue weighted by atomic mass is 16.4. The number of unbranched alkanes of at least 4 members (excludes halogenated alkanes) is 1. The van der Waals surface area contributed by atoms with Crippen LogP contribution >= 0.6 is 0 Å². The Morgan fingerprint density at radius 1 is 1.21 bits per heavy atom. The second-order valence-electron chi connectivity index (χ2n) is 5.59. The molecule has 24 heavy (non-hydrogen) atoms. The number of carbonyl (C=O) groups is 1. The lowest BCUT2D eigenvalue weighted by atomic mass is 10.1. The molecule has 1 aromatic heterocycles. The van der Waals surface area contributed by atoms with Crippen LogP contribution in [0.2, 0.25) is 0 Å². The second kappa shape index (κ2) is 8.49. The highest BCUT2D eigenvalue weighted by molar-refractivity contribution is 5.96. The summed E-state index contributed by atoms with van der Waals surface area (Å²) in [4.78, 5) is 26.4. The van der Waals surface area contributed by atoms with Crippen molar-refractivity contribution >= 4 is 22.6 Å². The maximum atomic E-state index is 12.1. The Bertz CT molecular complexity index is 751. The molecule has 6 heteroatoms. The summed E-state index contributed by atoms with van der Waals surface area (Å²) in [7, 11) is 0. The minimum atomic E-state index is -0.615. The maximum Gasteiger partial charge on any atom is 0.349 e. The van der Waals surface area contributed by atoms with Gasteiger partial charge in [0.05, 0.1) is 0 Å². The first-order valence-corrected chi connectivity index (χ1v) is 8.41. The first kappa shape index (κ1) is 18.0. The van der Waals surface area contributed by atoms with Crippen molar-refractivity contribution in [1.82, 2.24) is 5.32 Å². The number of hydrogen-bond acceptors (Lipinski definition) is 5. The van der Waals surface area contributed by atoms with E-state index in [1.807, 2.05) is 18.2 Å². The number of anilines is 1. The number of rotatable bonds is 8. The van der Waals surface area contributed by atoms with Crippen molar-refractivity contribution in [2.24, 2.45) is 5.73 Å². The first-order valence-electron chi connectivity index (χ1n) is 8.41. The SMILES string of the molecule is CCN(CC)c1ccc2cc(C(=O)NCCCCN)c(=O)oc2c1. The van der Waals surface area contributed by atoms with Gasteiger partial charge in [0.1, 0.15) is 11.1 Å². The van der Waals surface area contributed by atoms with E-state index in [9.17, 15) is 9.59 Å². The van der Waals surface area contributed by atoms with Gasteiger partial charge in [0.15, 0.2) is 0 Å². The average molecular weight is 331 g/mol. The summed E-state index contributed by atoms with van der Waals surface area (Å²) in [6.07, 6.45) is 1.62. The van der Waals surface area contributed by atoms with E-state index in [2.05, 4.69) is 24.1 Å². The Labute approximate surface area is 141 Å². The van der Waals surface area contributed by atoms with Gasteiger partial charge in [-0.05, 0) is 51.4 Å². The Morgan fingerprint density at radius 2 is 1.96 bits per heavy atom. The van der Waals surface area contributed by atoms with Crippen LogP contribution in [0.1, 0.15) is 37.0 Å². The van der Waals surface area contributed by atoms with Crippen molar-refractivity contribution in [2.45, 2.75) is 26.7 Å². The van der Waals surface area contributed by atoms with Crippen LogP contribution in [0.4, 0.5) is 5.69 Å². The number of fused-ring (bicyclic) bond motifs is 1. The number of carbonyl (C=O) groups excluding carboxylic acids is 1. The second-order valence-corrected chi connectivity index (χ2v) is 5.59. The van der Waals surface area contributed by atoms with Gasteiger partial charge in [-0.3, -0.25) is 4.79 Å². The number of amides is 1. The van der Waals surface area contributed by atoms with E-state index in [1.54, 1.807) is 6.07 Å². The third-order valence-corrected chi connectivity index (χ3v) is 4.01. The van der Waals surface area contributed by atoms with Crippen LogP contribution in [0.3, 0.4) is 0 Å². The van der Waals surface area contributed by atoms with Crippen LogP contribution in [0.15, 0.2) is 33.5 Å². The van der Waals surface area contributed by atoms with Crippen molar-refractivity contribution in [3.63, 3.8) is 0 Å². The van der Waals surface area contributed by atoms with Crippen molar-refractivity contribution in [1.29, 1.82) is 0 Å². The highest BCUT2D eigenvalue weighted by Crippen LogP contribution is 2.21. The summed E-state index contributed by atoms with van der Waals surface area (Å²) in [5.41, 5.74) is 6.32. The lowest BCUT2D eigenvalue weighted by Gasteiger charge is -2.21. The summed E-state index contributed by atoms with van der Waals surface area (Å²) >= 11 is 0. The Kier molecular flexibility index (Phi) is 6.37. The number of nitrogens with one attached hydrogen (secondary N) is 1. The largest absolute Gasteiger partial charge is 0.422 e. The number of nitrogens with zero attached hydrogens (tertiary/aromatic N) is 1. The van der Waals surface area contributed by atoms with Gasteiger partial charge in [0, 0.05) is 36.8 Å². The van der Waals surface area contributed by atoms with Gasteiger partial charge in [-0.1, -0.05) is 0 Å². The van der Waals surface area contributed by atoms with E-state index in [0.717, 1.165) is 37.0 Å². The lowest BCUT2D eigenvalue weighted by Crippen LogP contribution is -2.29. The van der Waals surface area contributed by atoms with E-state index in [0.29, 0.717) is 18.7 Å². The lowest BCUT2D eigenvalue weighted by molar-refractivity contribution is 0.0949. The molecule has 1 aromatic carbocycles. The molecule has 1 amide bonds. The third kappa shape index (κ3) is 4.14. The summed E-state index contributed by atoms with van der Waals surface area (Å²) in [5.74, 6) is -0.407. The minimum absolute atomic E-state index is 0.0332. The zero-order chi connectivity index (χ0) is 17.5. The van der Waals surface area contributed by atoms with E-state index in [1.165, 1.54) is 0 Å². The third-order valence-electron chi connectivity index (χ3n) is 4.01. The molecule has 0 radical (unpaired) electrons. The molecule has 0 saturated carbocycles. The molecular weight excluding hydrogens is 306 g/mol. The van der Waals surface area contributed by atoms with Gasteiger partial charge in [0.2, 0.25) is 0 Å². The summed E-state index contributed by atoms with van der Waals surface area (Å²) in [6.45, 7) is 6.96. The monoisotopic (exact) mass is 331 g/mol. The highest BCUT2D eigenvalue weighted by Gasteiger charge is 2.14. The normalized spacial score (nSPS) is 10.8. The van der Waals surface area contributed by atoms with E-state index in [-0.39, 0.29) is 5.56 Å². The quantitative estimate of drug-likeness (QED) is 0.571. The molecule has 0 aliphatic rings. The number of nitrogens with two attached hydrogens (primary N) is 1. The number of benzene rings is 1. The fraction of sp³-hybridized carbons (Fsp3) is 0.444. The van der Waals surface area contributed by atoms with Gasteiger partial charge in [-0.25, -0.2) is 4.79 Å². The molecule has 0 aliphatic carbocycles. The van der Waals surface area contributed by atoms with Gasteiger partial charge in [-0.15, -0.1) is 0 Å². The molecule has 0 spiro atoms. The van der Waals surface area contributed by atoms with Crippen LogP contribution in [-0.2, 0) is 0 Å². The topological polar surface area (TPSA) is 88.6 Å². The molecule has 0 atom stereocenters. The van der Waals surface area contributed by atoms with Crippen LogP contribution in [0.5, 0.6) is 0 Å². The molecule has 1 heterocycles. The van der Waals surface area contributed by atoms with Crippen LogP contribution in [-0.4, -0.2) is 32.1 Å². The summed E-state index contributed by atoms with van der Waals surface area (Å²) in [6, 6.07) is 7.27. The molecule has 2 aromatic rings. The average Bonchev–Trinajstić information content (AvgIpc) is 2.59. The molecule has 3 N–H and O–H groups in total. The predicted molar refractivity (Wildman–Crippen MR) is 96.7 cm³/mol. The molecule has 0 aliphatic heterocycles. The van der Waals surface area contributed by atoms with Crippen molar-refractivity contribution in [3.8, 4) is 0 Å². The van der Waals surface area contributed by atoms with Gasteiger partial charge in [0.25, 0.3) is 5.91 Å². The Hall–Kier alpha value is -2.34. The maximum absolute atomic E-state index is 12.1. The van der Waals surface area contributed by atoms with Gasteiger partial charge in [-0.2, -0.15) is 0 Å². The van der Waals surface area contributed by atoms with Crippen molar-refractivity contribution in [2.75, 3.05) is 31.1 Å². The zero-order valence-electron chi connectivity index (χ0n) is 14.3. The standard InChI is InChI=1S/C18H25N3O3/c1-3-21(4-2)14-8-7-13-11-15(18(23)24-16(13)12-14)17(22)20-10-6-5-9-19/h7-8,11-12H,3-6,9-10,19H2,1-2H3,(H,20,22). The minimum Gasteiger partial charge on any atom is -0.422 e. The molecule has 6 nitrogen and oxygen atoms in total. The van der Waals surface area contributed by atoms with Crippen LogP contribution in [0, 0.1) is 0 Å². The Morgan fingerprint density at radius 3 is 2.62 bits per heavy atom. The fourth-order valence-electron chi connectivity index (χ4n) is 2.61. The van der Waals surface area contributed by atoms with Gasteiger partial charge >= 0.3 is 5.63 Å². The molecule has 2 rings (SSSR count). The molecule has 0 bridgehead atoms. The van der Waals surface area contributed by atoms with E-state index in [4.69, 9.17) is 10.2 Å². The van der Waals surface area contributed by atoms with Crippen molar-refractivity contribution < 1.29 is 9.21 Å². The van der Waals surface area contributed by atoms with Gasteiger partial charge < -0.3 is 20.4 Å². The van der Waals surface area contributed by atoms with E-state index < -0.39 is 11.5 Å². The van der Waals surface area contributed by atoms with Crippen LogP contribution < -0.4 is 21.6 Å². The molecule has 130 valence electrons. The van der Waals surface area contributed by atoms with Crippen LogP contribution in [0.25, 0.3) is 11.0 Å². The molecule has 0 saturated heterocycles. The zero-order valence-corrected chi connectivity index (χ0v) is 14.3. The molecule has 0 fully saturated rings. The summed E-state index contributed by atoms with van der Waals surface area (Å²) < 4.78 is 5.36.